The molecule has 0 atom stereocenters. The van der Waals surface area contributed by atoms with Crippen LogP contribution in [0.25, 0.3) is 10.9 Å². The van der Waals surface area contributed by atoms with E-state index in [0.717, 1.165) is 60.2 Å². The van der Waals surface area contributed by atoms with Crippen LogP contribution in [0.5, 0.6) is 0 Å². The minimum absolute atomic E-state index is 0.530. The van der Waals surface area contributed by atoms with E-state index in [1.165, 1.54) is 32.2 Å². The molecule has 0 radical (unpaired) electrons. The van der Waals surface area contributed by atoms with Gasteiger partial charge in [0, 0.05) is 68.0 Å². The Balaban J connectivity index is 0.000000189. The molecule has 0 aromatic carbocycles. The van der Waals surface area contributed by atoms with Crippen LogP contribution in [0.1, 0.15) is 58.0 Å². The summed E-state index contributed by atoms with van der Waals surface area (Å²) in [5.74, 6) is 2.56. The van der Waals surface area contributed by atoms with Gasteiger partial charge in [0.25, 0.3) is 0 Å². The molecule has 6 rings (SSSR count). The first-order valence-electron chi connectivity index (χ1n) is 13.2. The van der Waals surface area contributed by atoms with Crippen LogP contribution in [0.2, 0.25) is 0 Å². The van der Waals surface area contributed by atoms with Crippen LogP contribution in [-0.4, -0.2) is 84.1 Å². The lowest BCUT2D eigenvalue weighted by atomic mass is 9.72. The molecule has 4 fully saturated rings. The fraction of sp³-hybridized carbons (Fsp3) is 0.731. The SMILES string of the molecule is CC.CC1CCN(S(C)(=O)=O)CC1.Cc1cc2cnc(C)nc2c(N2CC3(C2)CN(C2CC2)C3)n1. The van der Waals surface area contributed by atoms with Crippen molar-refractivity contribution in [1.82, 2.24) is 24.2 Å². The molecule has 8 nitrogen and oxygen atoms in total. The van der Waals surface area contributed by atoms with Crippen LogP contribution in [0.15, 0.2) is 12.3 Å². The van der Waals surface area contributed by atoms with Crippen molar-refractivity contribution in [2.75, 3.05) is 50.4 Å². The standard InChI is InChI=1S/C17H21N5.C7H15NO2S.C2H6/c1-11-5-13-6-18-12(2)20-15(13)16(19-11)22-9-17(10-22)7-21(8-17)14-3-4-14;1-7-3-5-8(6-4-7)11(2,9)10;1-2/h5-6,14H,3-4,7-10H2,1-2H3;7H,3-6H2,1-2H3;1-2H3. The molecule has 3 saturated heterocycles. The van der Waals surface area contributed by atoms with Gasteiger partial charge in [0.05, 0.1) is 6.26 Å². The zero-order chi connectivity index (χ0) is 25.4. The Kier molecular flexibility index (Phi) is 7.69. The van der Waals surface area contributed by atoms with Gasteiger partial charge < -0.3 is 4.90 Å². The minimum Gasteiger partial charge on any atom is -0.353 e. The lowest BCUT2D eigenvalue weighted by Crippen LogP contribution is -2.72. The molecular weight excluding hydrogens is 460 g/mol. The third kappa shape index (κ3) is 5.94. The number of pyridine rings is 1. The van der Waals surface area contributed by atoms with E-state index < -0.39 is 10.0 Å². The number of sulfonamides is 1. The zero-order valence-corrected chi connectivity index (χ0v) is 23.1. The average molecular weight is 503 g/mol. The molecule has 0 N–H and O–H groups in total. The fourth-order valence-corrected chi connectivity index (χ4v) is 6.28. The first-order chi connectivity index (χ1) is 16.6. The number of fused-ring (bicyclic) bond motifs is 1. The topological polar surface area (TPSA) is 82.5 Å². The van der Waals surface area contributed by atoms with Crippen molar-refractivity contribution in [3.8, 4) is 0 Å². The van der Waals surface area contributed by atoms with Crippen LogP contribution in [0.3, 0.4) is 0 Å². The second kappa shape index (κ2) is 10.3. The molecule has 0 amide bonds. The largest absolute Gasteiger partial charge is 0.353 e. The zero-order valence-electron chi connectivity index (χ0n) is 22.3. The number of rotatable bonds is 3. The highest BCUT2D eigenvalue weighted by Crippen LogP contribution is 2.46. The van der Waals surface area contributed by atoms with Gasteiger partial charge in [-0.05, 0) is 51.5 Å². The van der Waals surface area contributed by atoms with Gasteiger partial charge in [-0.25, -0.2) is 27.7 Å². The summed E-state index contributed by atoms with van der Waals surface area (Å²) in [6.07, 6.45) is 8.05. The van der Waals surface area contributed by atoms with Gasteiger partial charge >= 0.3 is 0 Å². The van der Waals surface area contributed by atoms with Crippen molar-refractivity contribution < 1.29 is 8.42 Å². The van der Waals surface area contributed by atoms with Crippen LogP contribution in [-0.2, 0) is 10.0 Å². The first-order valence-corrected chi connectivity index (χ1v) is 15.0. The Morgan fingerprint density at radius 3 is 2.17 bits per heavy atom. The summed E-state index contributed by atoms with van der Waals surface area (Å²) in [4.78, 5) is 18.8. The molecule has 194 valence electrons. The van der Waals surface area contributed by atoms with Crippen molar-refractivity contribution in [3.63, 3.8) is 0 Å². The first kappa shape index (κ1) is 26.2. The number of hydrogen-bond donors (Lipinski definition) is 0. The molecule has 1 aliphatic carbocycles. The number of hydrogen-bond acceptors (Lipinski definition) is 7. The van der Waals surface area contributed by atoms with Crippen LogP contribution in [0, 0.1) is 25.2 Å². The van der Waals surface area contributed by atoms with E-state index in [-0.39, 0.29) is 0 Å². The second-order valence-electron chi connectivity index (χ2n) is 10.8. The highest BCUT2D eigenvalue weighted by atomic mass is 32.2. The number of likely N-dealkylation sites (tertiary alicyclic amines) is 1. The van der Waals surface area contributed by atoms with E-state index in [4.69, 9.17) is 4.98 Å². The van der Waals surface area contributed by atoms with E-state index in [0.29, 0.717) is 24.4 Å². The van der Waals surface area contributed by atoms with Gasteiger partial charge in [0.1, 0.15) is 11.3 Å². The maximum absolute atomic E-state index is 11.0. The molecule has 1 spiro atoms. The summed E-state index contributed by atoms with van der Waals surface area (Å²) in [5, 5.41) is 1.10. The predicted octanol–water partition coefficient (Wildman–Crippen LogP) is 3.63. The quantitative estimate of drug-likeness (QED) is 0.634. The number of aromatic nitrogens is 3. The Labute approximate surface area is 211 Å². The maximum Gasteiger partial charge on any atom is 0.211 e. The fourth-order valence-electron chi connectivity index (χ4n) is 5.40. The van der Waals surface area contributed by atoms with Gasteiger partial charge in [0.15, 0.2) is 5.82 Å². The van der Waals surface area contributed by atoms with E-state index >= 15 is 0 Å². The lowest BCUT2D eigenvalue weighted by Gasteiger charge is -2.61. The molecule has 35 heavy (non-hydrogen) atoms. The Hall–Kier alpha value is -1.84. The van der Waals surface area contributed by atoms with Crippen LogP contribution in [0.4, 0.5) is 5.82 Å². The minimum atomic E-state index is -2.92. The Bertz CT molecular complexity index is 1130. The molecule has 9 heteroatoms. The molecule has 3 aliphatic heterocycles. The highest BCUT2D eigenvalue weighted by Gasteiger charge is 2.55. The Morgan fingerprint density at radius 1 is 0.971 bits per heavy atom. The third-order valence-electron chi connectivity index (χ3n) is 7.50. The molecule has 5 heterocycles. The van der Waals surface area contributed by atoms with Gasteiger partial charge in [-0.2, -0.15) is 0 Å². The van der Waals surface area contributed by atoms with Gasteiger partial charge in [-0.15, -0.1) is 0 Å². The molecule has 0 bridgehead atoms. The number of nitrogens with zero attached hydrogens (tertiary/aromatic N) is 6. The smallest absolute Gasteiger partial charge is 0.211 e. The highest BCUT2D eigenvalue weighted by molar-refractivity contribution is 7.88. The summed E-state index contributed by atoms with van der Waals surface area (Å²) in [5.41, 5.74) is 2.58. The third-order valence-corrected chi connectivity index (χ3v) is 8.80. The van der Waals surface area contributed by atoms with E-state index in [2.05, 4.69) is 39.7 Å². The molecule has 2 aromatic heterocycles. The van der Waals surface area contributed by atoms with Crippen LogP contribution >= 0.6 is 0 Å². The molecule has 4 aliphatic rings. The van der Waals surface area contributed by atoms with Crippen LogP contribution < -0.4 is 4.90 Å². The van der Waals surface area contributed by atoms with Gasteiger partial charge in [-0.1, -0.05) is 20.8 Å². The van der Waals surface area contributed by atoms with Crippen molar-refractivity contribution in [2.24, 2.45) is 11.3 Å². The maximum atomic E-state index is 11.0. The summed E-state index contributed by atoms with van der Waals surface area (Å²) < 4.78 is 23.6. The molecule has 1 saturated carbocycles. The van der Waals surface area contributed by atoms with Crippen molar-refractivity contribution >= 4 is 26.7 Å². The Morgan fingerprint density at radius 2 is 1.60 bits per heavy atom. The second-order valence-corrected chi connectivity index (χ2v) is 12.8. The van der Waals surface area contributed by atoms with E-state index in [1.807, 2.05) is 27.0 Å². The van der Waals surface area contributed by atoms with E-state index in [1.54, 1.807) is 4.31 Å². The summed E-state index contributed by atoms with van der Waals surface area (Å²) in [7, 11) is -2.92. The number of piperidine rings is 1. The summed E-state index contributed by atoms with van der Waals surface area (Å²) >= 11 is 0. The molecule has 2 aromatic rings. The normalized spacial score (nSPS) is 22.5. The van der Waals surface area contributed by atoms with E-state index in [9.17, 15) is 8.42 Å². The van der Waals surface area contributed by atoms with Crippen molar-refractivity contribution in [3.05, 3.63) is 23.8 Å². The average Bonchev–Trinajstić information content (AvgIpc) is 3.59. The van der Waals surface area contributed by atoms with Crippen molar-refractivity contribution in [1.29, 1.82) is 0 Å². The summed E-state index contributed by atoms with van der Waals surface area (Å²) in [6, 6.07) is 2.99. The monoisotopic (exact) mass is 502 g/mol. The molecular formula is C26H42N6O2S. The lowest BCUT2D eigenvalue weighted by molar-refractivity contribution is -0.0277. The predicted molar refractivity (Wildman–Crippen MR) is 142 cm³/mol. The van der Waals surface area contributed by atoms with Gasteiger partial charge in [0.2, 0.25) is 10.0 Å². The number of anilines is 1. The number of aryl methyl sites for hydroxylation is 2. The van der Waals surface area contributed by atoms with Gasteiger partial charge in [-0.3, -0.25) is 4.90 Å². The van der Waals surface area contributed by atoms with Crippen molar-refractivity contribution in [2.45, 2.75) is 66.3 Å². The summed E-state index contributed by atoms with van der Waals surface area (Å²) in [6.45, 7) is 16.4. The molecule has 0 unspecified atom stereocenters.